The second-order valence-electron chi connectivity index (χ2n) is 11.2. The first-order valence-corrected chi connectivity index (χ1v) is 15.8. The van der Waals surface area contributed by atoms with E-state index >= 15 is 0 Å². The summed E-state index contributed by atoms with van der Waals surface area (Å²) in [7, 11) is 1.61. The maximum atomic E-state index is 14.0. The summed E-state index contributed by atoms with van der Waals surface area (Å²) in [5.41, 5.74) is 17.9. The molecule has 256 valence electrons. The Morgan fingerprint density at radius 3 is 2.65 bits per heavy atom. The van der Waals surface area contributed by atoms with Crippen molar-refractivity contribution in [2.24, 2.45) is 16.5 Å². The van der Waals surface area contributed by atoms with Crippen LogP contribution in [0, 0.1) is 12.7 Å². The van der Waals surface area contributed by atoms with Crippen molar-refractivity contribution in [3.8, 4) is 11.1 Å². The zero-order valence-corrected chi connectivity index (χ0v) is 27.5. The summed E-state index contributed by atoms with van der Waals surface area (Å²) in [6.07, 6.45) is 8.86. The van der Waals surface area contributed by atoms with Crippen molar-refractivity contribution in [1.82, 2.24) is 19.9 Å². The number of aryl methyl sites for hydroxylation is 1. The number of amides is 1. The number of carboxylic acid groups (broad SMARTS) is 1. The lowest BCUT2D eigenvalue weighted by Gasteiger charge is -2.28. The number of methoxy groups -OCH3 is 1. The summed E-state index contributed by atoms with van der Waals surface area (Å²) in [6.45, 7) is 3.39. The van der Waals surface area contributed by atoms with Gasteiger partial charge in [-0.1, -0.05) is 11.6 Å². The van der Waals surface area contributed by atoms with Gasteiger partial charge in [0.25, 0.3) is 12.4 Å². The number of pyridine rings is 1. The van der Waals surface area contributed by atoms with Crippen LogP contribution < -0.4 is 22.1 Å². The molecule has 3 heterocycles. The number of carbonyl (C=O) groups excluding carboxylic acids is 1. The molecule has 13 nitrogen and oxygen atoms in total. The number of nitrogens with zero attached hydrogens (tertiary/aromatic N) is 4. The molecule has 1 amide bonds. The SMILES string of the molecule is COCCOCCNC(=O)c1cc(C)c(-c2cc3c(NC4CCC(N)CC4)c(C(N)=Nc4cc(F)ccc4Cl)cnn3c2)cn1.O=CO. The number of carbonyl (C=O) groups is 2. The number of hydrogen-bond acceptors (Lipinski definition) is 9. The van der Waals surface area contributed by atoms with Crippen molar-refractivity contribution in [2.75, 3.05) is 38.8 Å². The Labute approximate surface area is 282 Å². The van der Waals surface area contributed by atoms with Crippen molar-refractivity contribution < 1.29 is 28.6 Å². The molecule has 48 heavy (non-hydrogen) atoms. The van der Waals surface area contributed by atoms with Crippen LogP contribution in [-0.2, 0) is 14.3 Å². The standard InChI is InChI=1S/C32H38ClFN8O3.CH2O2/c1-19-13-28(32(43)37-9-10-45-12-11-44-2)38-16-24(19)20-14-29-30(40-23-6-4-22(35)5-7-23)25(17-39-42(29)18-20)31(36)41-27-15-21(34)3-8-26(27)33;2-1-3/h3,8,13-18,22-23,40H,4-7,9-12,35H2,1-2H3,(H2,36,41)(H,37,43);1H,(H,2,3). The van der Waals surface area contributed by atoms with Gasteiger partial charge >= 0.3 is 0 Å². The summed E-state index contributed by atoms with van der Waals surface area (Å²) in [5.74, 6) is -0.597. The van der Waals surface area contributed by atoms with Gasteiger partial charge in [-0.15, -0.1) is 0 Å². The first-order chi connectivity index (χ1) is 23.1. The molecule has 4 aromatic rings. The first-order valence-electron chi connectivity index (χ1n) is 15.4. The van der Waals surface area contributed by atoms with Crippen molar-refractivity contribution in [2.45, 2.75) is 44.7 Å². The smallest absolute Gasteiger partial charge is 0.290 e. The molecule has 0 saturated heterocycles. The molecule has 1 aliphatic rings. The molecule has 1 aromatic carbocycles. The number of hydrogen-bond donors (Lipinski definition) is 5. The Hall–Kier alpha value is -4.63. The van der Waals surface area contributed by atoms with E-state index in [0.29, 0.717) is 37.6 Å². The second-order valence-corrected chi connectivity index (χ2v) is 11.6. The van der Waals surface area contributed by atoms with E-state index < -0.39 is 5.82 Å². The number of aromatic nitrogens is 3. The lowest BCUT2D eigenvalue weighted by atomic mass is 9.91. The maximum Gasteiger partial charge on any atom is 0.290 e. The maximum absolute atomic E-state index is 14.0. The third-order valence-electron chi connectivity index (χ3n) is 7.80. The fraction of sp³-hybridized carbons (Fsp3) is 0.364. The molecular weight excluding hydrogens is 643 g/mol. The van der Waals surface area contributed by atoms with Gasteiger partial charge in [0.15, 0.2) is 0 Å². The van der Waals surface area contributed by atoms with Crippen LogP contribution in [0.1, 0.15) is 47.3 Å². The summed E-state index contributed by atoms with van der Waals surface area (Å²) >= 11 is 6.28. The van der Waals surface area contributed by atoms with Gasteiger partial charge < -0.3 is 36.7 Å². The molecule has 0 unspecified atom stereocenters. The highest BCUT2D eigenvalue weighted by molar-refractivity contribution is 6.33. The molecule has 0 spiro atoms. The topological polar surface area (TPSA) is 191 Å². The summed E-state index contributed by atoms with van der Waals surface area (Å²) < 4.78 is 26.1. The molecule has 15 heteroatoms. The van der Waals surface area contributed by atoms with Crippen molar-refractivity contribution in [1.29, 1.82) is 0 Å². The Kier molecular flexibility index (Phi) is 13.2. The van der Waals surface area contributed by atoms with Crippen LogP contribution in [0.15, 0.2) is 53.9 Å². The molecule has 1 saturated carbocycles. The number of nitrogens with one attached hydrogen (secondary N) is 2. The van der Waals surface area contributed by atoms with Gasteiger partial charge in [-0.05, 0) is 62.4 Å². The largest absolute Gasteiger partial charge is 0.483 e. The van der Waals surface area contributed by atoms with Gasteiger partial charge in [-0.3, -0.25) is 14.6 Å². The average Bonchev–Trinajstić information content (AvgIpc) is 3.50. The predicted molar refractivity (Wildman–Crippen MR) is 183 cm³/mol. The molecule has 5 rings (SSSR count). The van der Waals surface area contributed by atoms with E-state index in [2.05, 4.69) is 25.7 Å². The van der Waals surface area contributed by atoms with Crippen LogP contribution in [0.5, 0.6) is 0 Å². The normalized spacial score (nSPS) is 16.2. The Morgan fingerprint density at radius 2 is 1.94 bits per heavy atom. The van der Waals surface area contributed by atoms with E-state index in [4.69, 9.17) is 42.4 Å². The van der Waals surface area contributed by atoms with E-state index in [0.717, 1.165) is 53.6 Å². The zero-order chi connectivity index (χ0) is 34.6. The van der Waals surface area contributed by atoms with Gasteiger partial charge in [0.2, 0.25) is 0 Å². The number of fused-ring (bicyclic) bond motifs is 1. The second kappa shape index (κ2) is 17.5. The summed E-state index contributed by atoms with van der Waals surface area (Å²) in [6, 6.07) is 8.07. The predicted octanol–water partition coefficient (Wildman–Crippen LogP) is 4.31. The number of rotatable bonds is 12. The third-order valence-corrected chi connectivity index (χ3v) is 8.12. The average molecular weight is 683 g/mol. The van der Waals surface area contributed by atoms with Gasteiger partial charge in [0, 0.05) is 55.3 Å². The number of amidine groups is 1. The van der Waals surface area contributed by atoms with E-state index in [9.17, 15) is 9.18 Å². The van der Waals surface area contributed by atoms with Crippen LogP contribution >= 0.6 is 11.6 Å². The number of aliphatic imine (C=N–C) groups is 1. The molecule has 0 atom stereocenters. The minimum atomic E-state index is -0.466. The fourth-order valence-electron chi connectivity index (χ4n) is 5.33. The number of benzene rings is 1. The molecular formula is C33H40ClFN8O5. The summed E-state index contributed by atoms with van der Waals surface area (Å²) in [4.78, 5) is 29.9. The van der Waals surface area contributed by atoms with Crippen molar-refractivity contribution in [3.05, 3.63) is 76.6 Å². The Morgan fingerprint density at radius 1 is 1.19 bits per heavy atom. The molecule has 7 N–H and O–H groups in total. The van der Waals surface area contributed by atoms with Crippen LogP contribution in [-0.4, -0.2) is 83.5 Å². The van der Waals surface area contributed by atoms with E-state index in [1.807, 2.05) is 19.2 Å². The molecule has 1 fully saturated rings. The molecule has 0 bridgehead atoms. The quantitative estimate of drug-likeness (QED) is 0.0623. The minimum absolute atomic E-state index is 0.146. The minimum Gasteiger partial charge on any atom is -0.483 e. The van der Waals surface area contributed by atoms with E-state index in [-0.39, 0.29) is 41.0 Å². The molecule has 0 aliphatic heterocycles. The fourth-order valence-corrected chi connectivity index (χ4v) is 5.49. The van der Waals surface area contributed by atoms with Gasteiger partial charge in [0.05, 0.1) is 53.5 Å². The monoisotopic (exact) mass is 682 g/mol. The number of ether oxygens (including phenoxy) is 2. The number of nitrogens with two attached hydrogens (primary N) is 2. The Bertz CT molecular complexity index is 1740. The lowest BCUT2D eigenvalue weighted by molar-refractivity contribution is -0.122. The van der Waals surface area contributed by atoms with Crippen molar-refractivity contribution in [3.63, 3.8) is 0 Å². The zero-order valence-electron chi connectivity index (χ0n) is 26.8. The van der Waals surface area contributed by atoms with Crippen LogP contribution in [0.4, 0.5) is 15.8 Å². The summed E-state index contributed by atoms with van der Waals surface area (Å²) in [5, 5.41) is 18.3. The van der Waals surface area contributed by atoms with Gasteiger partial charge in [-0.2, -0.15) is 5.10 Å². The van der Waals surface area contributed by atoms with Crippen LogP contribution in [0.25, 0.3) is 16.6 Å². The highest BCUT2D eigenvalue weighted by atomic mass is 35.5. The highest BCUT2D eigenvalue weighted by Gasteiger charge is 2.23. The number of anilines is 1. The van der Waals surface area contributed by atoms with Gasteiger partial charge in [-0.25, -0.2) is 13.9 Å². The number of halogens is 2. The van der Waals surface area contributed by atoms with Crippen molar-refractivity contribution >= 4 is 46.7 Å². The molecule has 3 aromatic heterocycles. The van der Waals surface area contributed by atoms with Crippen LogP contribution in [0.3, 0.4) is 0 Å². The van der Waals surface area contributed by atoms with Gasteiger partial charge in [0.1, 0.15) is 17.3 Å². The lowest BCUT2D eigenvalue weighted by Crippen LogP contribution is -2.33. The van der Waals surface area contributed by atoms with Crippen LogP contribution in [0.2, 0.25) is 5.02 Å². The molecule has 1 aliphatic carbocycles. The van der Waals surface area contributed by atoms with E-state index in [1.165, 1.54) is 18.2 Å². The third kappa shape index (κ3) is 9.47. The van der Waals surface area contributed by atoms with E-state index in [1.54, 1.807) is 30.1 Å². The highest BCUT2D eigenvalue weighted by Crippen LogP contribution is 2.33. The first kappa shape index (κ1) is 36.2. The molecule has 0 radical (unpaired) electrons. The Balaban J connectivity index is 0.00000167.